The van der Waals surface area contributed by atoms with Crippen molar-refractivity contribution in [2.24, 2.45) is 0 Å². The highest BCUT2D eigenvalue weighted by atomic mass is 16.2. The lowest BCUT2D eigenvalue weighted by atomic mass is 10.2. The number of nitrogens with one attached hydrogen (secondary N) is 1. The number of carbonyl (C=O) groups excluding carboxylic acids is 3. The summed E-state index contributed by atoms with van der Waals surface area (Å²) in [6.07, 6.45) is 1.50. The maximum atomic E-state index is 12.3. The Labute approximate surface area is 133 Å². The number of nitrogens with zero attached hydrogens (tertiary/aromatic N) is 2. The number of nitrogen functional groups attached to an aromatic ring is 1. The third-order valence-electron chi connectivity index (χ3n) is 3.10. The normalized spacial score (nSPS) is 10.0. The van der Waals surface area contributed by atoms with Gasteiger partial charge in [-0.05, 0) is 42.8 Å². The van der Waals surface area contributed by atoms with Crippen LogP contribution in [0.4, 0.5) is 17.2 Å². The average molecular weight is 312 g/mol. The van der Waals surface area contributed by atoms with E-state index in [0.29, 0.717) is 11.3 Å². The van der Waals surface area contributed by atoms with E-state index in [0.717, 1.165) is 4.90 Å². The van der Waals surface area contributed by atoms with Gasteiger partial charge in [-0.25, -0.2) is 9.88 Å². The molecule has 3 amide bonds. The molecule has 0 saturated heterocycles. The van der Waals surface area contributed by atoms with Crippen LogP contribution in [0.1, 0.15) is 12.5 Å². The highest BCUT2D eigenvalue weighted by Crippen LogP contribution is 2.17. The van der Waals surface area contributed by atoms with E-state index in [2.05, 4.69) is 10.3 Å². The van der Waals surface area contributed by atoms with Gasteiger partial charge in [-0.15, -0.1) is 0 Å². The summed E-state index contributed by atoms with van der Waals surface area (Å²) in [5, 5.41) is 2.41. The van der Waals surface area contributed by atoms with Crippen LogP contribution in [-0.2, 0) is 14.4 Å². The van der Waals surface area contributed by atoms with Gasteiger partial charge in [-0.3, -0.25) is 14.4 Å². The lowest BCUT2D eigenvalue weighted by Crippen LogP contribution is -2.42. The maximum Gasteiger partial charge on any atom is 0.323 e. The van der Waals surface area contributed by atoms with Crippen molar-refractivity contribution in [3.8, 4) is 0 Å². The van der Waals surface area contributed by atoms with E-state index in [1.165, 1.54) is 25.3 Å². The fourth-order valence-electron chi connectivity index (χ4n) is 1.94. The highest BCUT2D eigenvalue weighted by molar-refractivity contribution is 6.48. The van der Waals surface area contributed by atoms with Gasteiger partial charge in [0.2, 0.25) is 5.91 Å². The first-order valence-corrected chi connectivity index (χ1v) is 6.83. The Morgan fingerprint density at radius 1 is 1.13 bits per heavy atom. The molecule has 0 spiro atoms. The summed E-state index contributed by atoms with van der Waals surface area (Å²) in [7, 11) is 0. The Bertz CT molecular complexity index is 756. The van der Waals surface area contributed by atoms with E-state index >= 15 is 0 Å². The van der Waals surface area contributed by atoms with E-state index < -0.39 is 17.7 Å². The van der Waals surface area contributed by atoms with Crippen LogP contribution in [0.5, 0.6) is 0 Å². The number of hydrogen-bond acceptors (Lipinski definition) is 5. The van der Waals surface area contributed by atoms with Gasteiger partial charge in [-0.2, -0.15) is 0 Å². The van der Waals surface area contributed by atoms with Crippen LogP contribution in [0.2, 0.25) is 0 Å². The van der Waals surface area contributed by atoms with Gasteiger partial charge < -0.3 is 11.1 Å². The molecule has 1 aromatic carbocycles. The minimum atomic E-state index is -0.993. The number of aromatic nitrogens is 1. The molecule has 0 atom stereocenters. The van der Waals surface area contributed by atoms with E-state index in [1.54, 1.807) is 31.2 Å². The number of nitrogens with two attached hydrogens (primary N) is 1. The number of benzene rings is 1. The molecular formula is C16H16N4O3. The van der Waals surface area contributed by atoms with Crippen LogP contribution in [0.25, 0.3) is 0 Å². The Kier molecular flexibility index (Phi) is 4.70. The van der Waals surface area contributed by atoms with Crippen molar-refractivity contribution in [2.75, 3.05) is 16.0 Å². The molecular weight excluding hydrogens is 296 g/mol. The Balaban J connectivity index is 2.24. The summed E-state index contributed by atoms with van der Waals surface area (Å²) in [6.45, 7) is 2.95. The zero-order valence-electron chi connectivity index (χ0n) is 12.7. The van der Waals surface area contributed by atoms with Crippen LogP contribution in [0.15, 0.2) is 42.6 Å². The van der Waals surface area contributed by atoms with Crippen molar-refractivity contribution in [3.63, 3.8) is 0 Å². The fourth-order valence-corrected chi connectivity index (χ4v) is 1.94. The van der Waals surface area contributed by atoms with Gasteiger partial charge in [0.1, 0.15) is 5.82 Å². The molecule has 0 aliphatic rings. The summed E-state index contributed by atoms with van der Waals surface area (Å²) < 4.78 is 0. The zero-order chi connectivity index (χ0) is 17.0. The maximum absolute atomic E-state index is 12.3. The molecule has 7 heteroatoms. The van der Waals surface area contributed by atoms with E-state index in [-0.39, 0.29) is 11.5 Å². The standard InChI is InChI=1S/C16H16N4O3/c1-10-4-3-9-18-14(10)19-15(22)16(23)20(11(2)21)13-7-5-12(17)6-8-13/h3-9H,17H2,1-2H3,(H,18,19,22). The van der Waals surface area contributed by atoms with Crippen LogP contribution in [0, 0.1) is 6.92 Å². The number of anilines is 3. The molecule has 0 radical (unpaired) electrons. The lowest BCUT2D eigenvalue weighted by molar-refractivity contribution is -0.136. The summed E-state index contributed by atoms with van der Waals surface area (Å²) in [5.74, 6) is -2.24. The smallest absolute Gasteiger partial charge is 0.323 e. The monoisotopic (exact) mass is 312 g/mol. The van der Waals surface area contributed by atoms with Gasteiger partial charge in [0, 0.05) is 18.8 Å². The molecule has 1 aromatic heterocycles. The molecule has 0 aliphatic carbocycles. The van der Waals surface area contributed by atoms with E-state index in [1.807, 2.05) is 0 Å². The quantitative estimate of drug-likeness (QED) is 0.645. The van der Waals surface area contributed by atoms with Gasteiger partial charge in [0.05, 0.1) is 5.69 Å². The second-order valence-corrected chi connectivity index (χ2v) is 4.87. The van der Waals surface area contributed by atoms with E-state index in [4.69, 9.17) is 5.73 Å². The SMILES string of the molecule is CC(=O)N(C(=O)C(=O)Nc1ncccc1C)c1ccc(N)cc1. The van der Waals surface area contributed by atoms with Gasteiger partial charge in [0.25, 0.3) is 0 Å². The molecule has 118 valence electrons. The van der Waals surface area contributed by atoms with Crippen molar-refractivity contribution < 1.29 is 14.4 Å². The first kappa shape index (κ1) is 16.2. The number of carbonyl (C=O) groups is 3. The predicted molar refractivity (Wildman–Crippen MR) is 86.6 cm³/mol. The van der Waals surface area contributed by atoms with Gasteiger partial charge in [-0.1, -0.05) is 6.07 Å². The van der Waals surface area contributed by atoms with Crippen molar-refractivity contribution in [3.05, 3.63) is 48.2 Å². The summed E-state index contributed by atoms with van der Waals surface area (Å²) >= 11 is 0. The molecule has 0 unspecified atom stereocenters. The second-order valence-electron chi connectivity index (χ2n) is 4.87. The van der Waals surface area contributed by atoms with Crippen molar-refractivity contribution in [1.82, 2.24) is 4.98 Å². The van der Waals surface area contributed by atoms with Crippen molar-refractivity contribution in [2.45, 2.75) is 13.8 Å². The third kappa shape index (κ3) is 3.70. The van der Waals surface area contributed by atoms with Crippen molar-refractivity contribution in [1.29, 1.82) is 0 Å². The number of imide groups is 1. The first-order chi connectivity index (χ1) is 10.9. The largest absolute Gasteiger partial charge is 0.399 e. The molecule has 0 saturated carbocycles. The molecule has 0 aliphatic heterocycles. The fraction of sp³-hybridized carbons (Fsp3) is 0.125. The number of rotatable bonds is 2. The average Bonchev–Trinajstić information content (AvgIpc) is 2.51. The molecule has 3 N–H and O–H groups in total. The van der Waals surface area contributed by atoms with Crippen molar-refractivity contribution >= 4 is 34.9 Å². The number of aryl methyl sites for hydroxylation is 1. The summed E-state index contributed by atoms with van der Waals surface area (Å²) in [6, 6.07) is 9.53. The molecule has 0 bridgehead atoms. The lowest BCUT2D eigenvalue weighted by Gasteiger charge is -2.18. The molecule has 2 rings (SSSR count). The van der Waals surface area contributed by atoms with Gasteiger partial charge >= 0.3 is 11.8 Å². The minimum Gasteiger partial charge on any atom is -0.399 e. The van der Waals surface area contributed by atoms with Crippen LogP contribution in [-0.4, -0.2) is 22.7 Å². The van der Waals surface area contributed by atoms with Crippen LogP contribution >= 0.6 is 0 Å². The van der Waals surface area contributed by atoms with Gasteiger partial charge in [0.15, 0.2) is 0 Å². The Morgan fingerprint density at radius 3 is 2.35 bits per heavy atom. The predicted octanol–water partition coefficient (Wildman–Crippen LogP) is 1.49. The number of pyridine rings is 1. The number of amides is 3. The van der Waals surface area contributed by atoms with Crippen LogP contribution in [0.3, 0.4) is 0 Å². The third-order valence-corrected chi connectivity index (χ3v) is 3.10. The first-order valence-electron chi connectivity index (χ1n) is 6.83. The van der Waals surface area contributed by atoms with E-state index in [9.17, 15) is 14.4 Å². The summed E-state index contributed by atoms with van der Waals surface area (Å²) in [4.78, 5) is 41.0. The van der Waals surface area contributed by atoms with Crippen LogP contribution < -0.4 is 16.0 Å². The molecule has 7 nitrogen and oxygen atoms in total. The zero-order valence-corrected chi connectivity index (χ0v) is 12.7. The minimum absolute atomic E-state index is 0.268. The molecule has 0 fully saturated rings. The number of hydrogen-bond donors (Lipinski definition) is 2. The second kappa shape index (κ2) is 6.69. The molecule has 1 heterocycles. The summed E-state index contributed by atoms with van der Waals surface area (Å²) in [5.41, 5.74) is 7.04. The topological polar surface area (TPSA) is 105 Å². The molecule has 23 heavy (non-hydrogen) atoms. The highest BCUT2D eigenvalue weighted by Gasteiger charge is 2.27. The Morgan fingerprint density at radius 2 is 1.78 bits per heavy atom. The Hall–Kier alpha value is -3.22. The molecule has 2 aromatic rings.